The Kier molecular flexibility index (Phi) is 7.21. The van der Waals surface area contributed by atoms with Crippen molar-refractivity contribution in [1.82, 2.24) is 0 Å². The molecule has 0 spiro atoms. The summed E-state index contributed by atoms with van der Waals surface area (Å²) in [5, 5.41) is 17.1. The highest BCUT2D eigenvalue weighted by Gasteiger charge is 1.81. The Morgan fingerprint density at radius 2 is 1.43 bits per heavy atom. The summed E-state index contributed by atoms with van der Waals surface area (Å²) in [7, 11) is 0. The van der Waals surface area contributed by atoms with Crippen molar-refractivity contribution < 1.29 is 10.2 Å². The molecular formula is C3H8O2S2. The smallest absolute Gasteiger partial charge is 0.0894 e. The van der Waals surface area contributed by atoms with E-state index in [1.165, 1.54) is 23.5 Å². The number of aliphatic hydroxyl groups excluding tert-OH is 2. The molecule has 44 valence electrons. The zero-order chi connectivity index (χ0) is 5.54. The van der Waals surface area contributed by atoms with Gasteiger partial charge in [-0.15, -0.1) is 23.5 Å². The largest absolute Gasteiger partial charge is 0.386 e. The number of aliphatic hydroxyl groups is 2. The molecule has 0 bridgehead atoms. The van der Waals surface area contributed by atoms with Crippen molar-refractivity contribution in [2.24, 2.45) is 0 Å². The molecule has 0 aliphatic carbocycles. The Morgan fingerprint density at radius 3 is 1.71 bits per heavy atom. The zero-order valence-electron chi connectivity index (χ0n) is 3.83. The van der Waals surface area contributed by atoms with E-state index in [2.05, 4.69) is 0 Å². The molecule has 2 nitrogen and oxygen atoms in total. The summed E-state index contributed by atoms with van der Waals surface area (Å²) in [4.78, 5) is 0. The molecule has 0 atom stereocenters. The molecule has 2 N–H and O–H groups in total. The summed E-state index contributed by atoms with van der Waals surface area (Å²) in [5.74, 6) is 0.292. The van der Waals surface area contributed by atoms with Crippen LogP contribution in [0.15, 0.2) is 0 Å². The molecule has 0 aliphatic heterocycles. The first-order valence-electron chi connectivity index (χ1n) is 1.79. The second kappa shape index (κ2) is 6.62. The number of hydrogen-bond acceptors (Lipinski definition) is 4. The fourth-order valence-electron chi connectivity index (χ4n) is 0.133. The molecule has 0 rings (SSSR count). The summed E-state index contributed by atoms with van der Waals surface area (Å²) in [6.07, 6.45) is 0. The lowest BCUT2D eigenvalue weighted by Gasteiger charge is -1.90. The minimum atomic E-state index is 0.146. The molecule has 0 aromatic heterocycles. The monoisotopic (exact) mass is 140 g/mol. The quantitative estimate of drug-likeness (QED) is 0.435. The van der Waals surface area contributed by atoms with Gasteiger partial charge in [-0.05, 0) is 0 Å². The Bertz CT molecular complexity index is 30.1. The summed E-state index contributed by atoms with van der Waals surface area (Å²) in [6, 6.07) is 0. The van der Waals surface area contributed by atoms with E-state index in [0.29, 0.717) is 0 Å². The van der Waals surface area contributed by atoms with Crippen LogP contribution in [-0.4, -0.2) is 27.2 Å². The maximum atomic E-state index is 8.16. The van der Waals surface area contributed by atoms with Crippen LogP contribution < -0.4 is 0 Å². The predicted molar refractivity (Wildman–Crippen MR) is 34.2 cm³/mol. The van der Waals surface area contributed by atoms with Gasteiger partial charge in [0.15, 0.2) is 0 Å². The molecule has 0 aromatic carbocycles. The van der Waals surface area contributed by atoms with E-state index in [-0.39, 0.29) is 11.9 Å². The SMILES string of the molecule is OCSCSCO. The van der Waals surface area contributed by atoms with Crippen molar-refractivity contribution in [1.29, 1.82) is 0 Å². The van der Waals surface area contributed by atoms with Crippen LogP contribution in [0.25, 0.3) is 0 Å². The van der Waals surface area contributed by atoms with Crippen LogP contribution in [0.4, 0.5) is 0 Å². The van der Waals surface area contributed by atoms with Crippen LogP contribution in [0.3, 0.4) is 0 Å². The molecule has 0 amide bonds. The minimum absolute atomic E-state index is 0.146. The van der Waals surface area contributed by atoms with E-state index in [1.54, 1.807) is 0 Å². The highest BCUT2D eigenvalue weighted by atomic mass is 32.2. The normalized spacial score (nSPS) is 9.43. The molecule has 0 aromatic rings. The van der Waals surface area contributed by atoms with E-state index in [1.807, 2.05) is 0 Å². The van der Waals surface area contributed by atoms with Gasteiger partial charge in [0.1, 0.15) is 0 Å². The Labute approximate surface area is 51.3 Å². The van der Waals surface area contributed by atoms with Gasteiger partial charge < -0.3 is 10.2 Å². The topological polar surface area (TPSA) is 40.5 Å². The average Bonchev–Trinajstić information content (AvgIpc) is 1.69. The third kappa shape index (κ3) is 6.62. The van der Waals surface area contributed by atoms with Crippen LogP contribution in [0.2, 0.25) is 0 Å². The van der Waals surface area contributed by atoms with Crippen molar-refractivity contribution in [3.05, 3.63) is 0 Å². The molecule has 0 saturated carbocycles. The third-order valence-corrected chi connectivity index (χ3v) is 2.05. The maximum Gasteiger partial charge on any atom is 0.0894 e. The molecule has 0 unspecified atom stereocenters. The van der Waals surface area contributed by atoms with Crippen LogP contribution in [0, 0.1) is 0 Å². The molecule has 0 aliphatic rings. The van der Waals surface area contributed by atoms with Crippen LogP contribution in [-0.2, 0) is 0 Å². The first-order valence-corrected chi connectivity index (χ1v) is 4.10. The first kappa shape index (κ1) is 7.62. The minimum Gasteiger partial charge on any atom is -0.386 e. The fraction of sp³-hybridized carbons (Fsp3) is 1.00. The summed E-state index contributed by atoms with van der Waals surface area (Å²) >= 11 is 2.78. The summed E-state index contributed by atoms with van der Waals surface area (Å²) < 4.78 is 0. The van der Waals surface area contributed by atoms with E-state index in [4.69, 9.17) is 10.2 Å². The highest BCUT2D eigenvalue weighted by Crippen LogP contribution is 2.07. The molecule has 0 radical (unpaired) electrons. The van der Waals surface area contributed by atoms with Gasteiger partial charge >= 0.3 is 0 Å². The molecule has 4 heteroatoms. The lowest BCUT2D eigenvalue weighted by atomic mass is 11.7. The Hall–Kier alpha value is 0.620. The zero-order valence-corrected chi connectivity index (χ0v) is 5.47. The lowest BCUT2D eigenvalue weighted by molar-refractivity contribution is 0.374. The van der Waals surface area contributed by atoms with Crippen molar-refractivity contribution in [2.75, 3.05) is 17.0 Å². The fourth-order valence-corrected chi connectivity index (χ4v) is 1.20. The van der Waals surface area contributed by atoms with E-state index in [0.717, 1.165) is 5.08 Å². The van der Waals surface area contributed by atoms with Crippen molar-refractivity contribution >= 4 is 23.5 Å². The van der Waals surface area contributed by atoms with Crippen LogP contribution >= 0.6 is 23.5 Å². The van der Waals surface area contributed by atoms with Gasteiger partial charge in [-0.2, -0.15) is 0 Å². The highest BCUT2D eigenvalue weighted by molar-refractivity contribution is 8.15. The number of hydrogen-bond donors (Lipinski definition) is 2. The number of thioether (sulfide) groups is 2. The van der Waals surface area contributed by atoms with Crippen molar-refractivity contribution in [3.63, 3.8) is 0 Å². The van der Waals surface area contributed by atoms with Crippen molar-refractivity contribution in [2.45, 2.75) is 0 Å². The first-order chi connectivity index (χ1) is 3.41. The average molecular weight is 140 g/mol. The molecule has 0 heterocycles. The van der Waals surface area contributed by atoms with Gasteiger partial charge in [0.25, 0.3) is 0 Å². The van der Waals surface area contributed by atoms with Gasteiger partial charge in [-0.1, -0.05) is 0 Å². The molecule has 0 saturated heterocycles. The van der Waals surface area contributed by atoms with Gasteiger partial charge in [-0.25, -0.2) is 0 Å². The second-order valence-corrected chi connectivity index (χ2v) is 3.06. The standard InChI is InChI=1S/C3H8O2S2/c4-1-6-3-7-2-5/h4-5H,1-3H2. The summed E-state index contributed by atoms with van der Waals surface area (Å²) in [5.41, 5.74) is 0. The van der Waals surface area contributed by atoms with Crippen LogP contribution in [0.5, 0.6) is 0 Å². The predicted octanol–water partition coefficient (Wildman–Crippen LogP) is 0.310. The van der Waals surface area contributed by atoms with Crippen molar-refractivity contribution in [3.8, 4) is 0 Å². The van der Waals surface area contributed by atoms with E-state index in [9.17, 15) is 0 Å². The lowest BCUT2D eigenvalue weighted by Crippen LogP contribution is -1.76. The maximum absolute atomic E-state index is 8.16. The van der Waals surface area contributed by atoms with Gasteiger partial charge in [0, 0.05) is 5.08 Å². The molecule has 0 fully saturated rings. The Morgan fingerprint density at radius 1 is 1.00 bits per heavy atom. The second-order valence-electron chi connectivity index (χ2n) is 0.784. The van der Waals surface area contributed by atoms with Gasteiger partial charge in [-0.3, -0.25) is 0 Å². The van der Waals surface area contributed by atoms with Gasteiger partial charge in [0.2, 0.25) is 0 Å². The Balaban J connectivity index is 2.45. The molecule has 7 heavy (non-hydrogen) atoms. The molecular weight excluding hydrogens is 132 g/mol. The summed E-state index contributed by atoms with van der Waals surface area (Å²) in [6.45, 7) is 0. The van der Waals surface area contributed by atoms with Crippen LogP contribution in [0.1, 0.15) is 0 Å². The van der Waals surface area contributed by atoms with Gasteiger partial charge in [0.05, 0.1) is 11.9 Å². The van der Waals surface area contributed by atoms with E-state index < -0.39 is 0 Å². The third-order valence-electron chi connectivity index (χ3n) is 0.349. The number of rotatable bonds is 4. The van der Waals surface area contributed by atoms with E-state index >= 15 is 0 Å².